The average Bonchev–Trinajstić information content (AvgIpc) is 2.43. The van der Waals surface area contributed by atoms with E-state index in [0.29, 0.717) is 19.6 Å². The maximum Gasteiger partial charge on any atom is 0.200 e. The van der Waals surface area contributed by atoms with Crippen LogP contribution < -0.4 is 10.1 Å². The van der Waals surface area contributed by atoms with E-state index in [-0.39, 0.29) is 24.0 Å². The van der Waals surface area contributed by atoms with E-state index in [1.54, 1.807) is 7.11 Å². The fourth-order valence-electron chi connectivity index (χ4n) is 2.21. The van der Waals surface area contributed by atoms with Crippen LogP contribution in [0.2, 0.25) is 0 Å². The number of hydrogen-bond donors (Lipinski definition) is 1. The molecule has 20 heavy (non-hydrogen) atoms. The highest BCUT2D eigenvalue weighted by Gasteiger charge is 2.43. The van der Waals surface area contributed by atoms with Gasteiger partial charge in [0.2, 0.25) is 5.82 Å². The third-order valence-corrected chi connectivity index (χ3v) is 3.41. The number of rotatable bonds is 7. The van der Waals surface area contributed by atoms with Crippen LogP contribution in [0.5, 0.6) is 5.75 Å². The Kier molecular flexibility index (Phi) is 5.28. The molecule has 0 aliphatic heterocycles. The zero-order valence-corrected chi connectivity index (χ0v) is 11.6. The van der Waals surface area contributed by atoms with Gasteiger partial charge >= 0.3 is 0 Å². The van der Waals surface area contributed by atoms with Crippen molar-refractivity contribution >= 4 is 0 Å². The Hall–Kier alpha value is -1.24. The molecule has 112 valence electrons. The zero-order chi connectivity index (χ0) is 14.5. The molecule has 0 heterocycles. The van der Waals surface area contributed by atoms with E-state index in [1.165, 1.54) is 12.1 Å². The largest absolute Gasteiger partial charge is 0.484 e. The molecule has 6 heteroatoms. The highest BCUT2D eigenvalue weighted by atomic mass is 19.2. The highest BCUT2D eigenvalue weighted by molar-refractivity contribution is 5.26. The summed E-state index contributed by atoms with van der Waals surface area (Å²) in [6.45, 7) is 0.915. The first-order valence-electron chi connectivity index (χ1n) is 6.55. The van der Waals surface area contributed by atoms with Gasteiger partial charge in [-0.1, -0.05) is 6.07 Å². The van der Waals surface area contributed by atoms with E-state index >= 15 is 0 Å². The van der Waals surface area contributed by atoms with Crippen LogP contribution in [-0.2, 0) is 9.47 Å². The summed E-state index contributed by atoms with van der Waals surface area (Å²) in [5.41, 5.74) is 0. The maximum absolute atomic E-state index is 13.6. The van der Waals surface area contributed by atoms with E-state index in [0.717, 1.165) is 6.07 Å². The normalized spacial score (nSPS) is 25.3. The minimum Gasteiger partial charge on any atom is -0.484 e. The summed E-state index contributed by atoms with van der Waals surface area (Å²) in [6, 6.07) is 4.04. The van der Waals surface area contributed by atoms with Gasteiger partial charge in [-0.3, -0.25) is 0 Å². The number of hydrogen-bond acceptors (Lipinski definition) is 4. The standard InChI is InChI=1S/C14H19F2NO3/c1-17-10-8-12(14(10)19-7-6-18-2)20-11-5-3-4-9(15)13(11)16/h3-5,10,12,14,17H,6-8H2,1-2H3. The Bertz CT molecular complexity index is 444. The summed E-state index contributed by atoms with van der Waals surface area (Å²) in [4.78, 5) is 0. The molecular weight excluding hydrogens is 268 g/mol. The lowest BCUT2D eigenvalue weighted by molar-refractivity contribution is -0.115. The monoisotopic (exact) mass is 287 g/mol. The van der Waals surface area contributed by atoms with E-state index in [2.05, 4.69) is 5.32 Å². The SMILES string of the molecule is CNC1CC(Oc2cccc(F)c2F)C1OCCOC. The highest BCUT2D eigenvalue weighted by Crippen LogP contribution is 2.30. The van der Waals surface area contributed by atoms with Crippen LogP contribution in [-0.4, -0.2) is 45.6 Å². The molecule has 4 nitrogen and oxygen atoms in total. The van der Waals surface area contributed by atoms with Crippen LogP contribution in [0.25, 0.3) is 0 Å². The van der Waals surface area contributed by atoms with Crippen molar-refractivity contribution in [1.29, 1.82) is 0 Å². The van der Waals surface area contributed by atoms with Gasteiger partial charge in [0.05, 0.1) is 13.2 Å². The lowest BCUT2D eigenvalue weighted by Crippen LogP contribution is -2.60. The molecule has 0 radical (unpaired) electrons. The van der Waals surface area contributed by atoms with Gasteiger partial charge in [-0.05, 0) is 19.2 Å². The third kappa shape index (κ3) is 3.26. The van der Waals surface area contributed by atoms with Crippen molar-refractivity contribution in [2.75, 3.05) is 27.4 Å². The molecule has 1 N–H and O–H groups in total. The first-order chi connectivity index (χ1) is 9.67. The number of methoxy groups -OCH3 is 1. The molecule has 1 aromatic rings. The second-order valence-corrected chi connectivity index (χ2v) is 4.67. The Labute approximate surface area is 117 Å². The lowest BCUT2D eigenvalue weighted by atomic mass is 9.85. The van der Waals surface area contributed by atoms with Crippen LogP contribution in [0.4, 0.5) is 8.78 Å². The molecule has 0 aromatic heterocycles. The molecule has 3 unspecified atom stereocenters. The van der Waals surface area contributed by atoms with Crippen molar-refractivity contribution in [3.8, 4) is 5.75 Å². The quantitative estimate of drug-likeness (QED) is 0.775. The maximum atomic E-state index is 13.6. The minimum absolute atomic E-state index is 0.0788. The summed E-state index contributed by atoms with van der Waals surface area (Å²) >= 11 is 0. The van der Waals surface area contributed by atoms with Gasteiger partial charge in [-0.15, -0.1) is 0 Å². The zero-order valence-electron chi connectivity index (χ0n) is 11.6. The molecule has 0 bridgehead atoms. The number of ether oxygens (including phenoxy) is 3. The third-order valence-electron chi connectivity index (χ3n) is 3.41. The van der Waals surface area contributed by atoms with Crippen molar-refractivity contribution in [3.63, 3.8) is 0 Å². The van der Waals surface area contributed by atoms with Gasteiger partial charge in [0.25, 0.3) is 0 Å². The molecular formula is C14H19F2NO3. The van der Waals surface area contributed by atoms with Gasteiger partial charge in [0.1, 0.15) is 12.2 Å². The minimum atomic E-state index is -0.962. The molecule has 1 aliphatic rings. The Morgan fingerprint density at radius 1 is 1.30 bits per heavy atom. The molecule has 0 spiro atoms. The van der Waals surface area contributed by atoms with Gasteiger partial charge < -0.3 is 19.5 Å². The van der Waals surface area contributed by atoms with Crippen LogP contribution in [0.1, 0.15) is 6.42 Å². The fraction of sp³-hybridized carbons (Fsp3) is 0.571. The van der Waals surface area contributed by atoms with Crippen molar-refractivity contribution in [2.45, 2.75) is 24.7 Å². The Balaban J connectivity index is 1.96. The van der Waals surface area contributed by atoms with E-state index in [1.807, 2.05) is 7.05 Å². The van der Waals surface area contributed by atoms with Crippen molar-refractivity contribution < 1.29 is 23.0 Å². The lowest BCUT2D eigenvalue weighted by Gasteiger charge is -2.43. The number of halogens is 2. The van der Waals surface area contributed by atoms with Gasteiger partial charge in [-0.25, -0.2) is 4.39 Å². The Morgan fingerprint density at radius 3 is 2.80 bits per heavy atom. The number of likely N-dealkylation sites (N-methyl/N-ethyl adjacent to an activating group) is 1. The van der Waals surface area contributed by atoms with Gasteiger partial charge in [0, 0.05) is 19.6 Å². The summed E-state index contributed by atoms with van der Waals surface area (Å²) in [6.07, 6.45) is 0.197. The van der Waals surface area contributed by atoms with Crippen LogP contribution >= 0.6 is 0 Å². The second-order valence-electron chi connectivity index (χ2n) is 4.67. The smallest absolute Gasteiger partial charge is 0.200 e. The van der Waals surface area contributed by atoms with Crippen molar-refractivity contribution in [2.24, 2.45) is 0 Å². The summed E-state index contributed by atoms with van der Waals surface area (Å²) in [5, 5.41) is 3.11. The Morgan fingerprint density at radius 2 is 2.10 bits per heavy atom. The molecule has 0 saturated heterocycles. The first-order valence-corrected chi connectivity index (χ1v) is 6.55. The van der Waals surface area contributed by atoms with Crippen molar-refractivity contribution in [3.05, 3.63) is 29.8 Å². The van der Waals surface area contributed by atoms with Gasteiger partial charge in [-0.2, -0.15) is 4.39 Å². The van der Waals surface area contributed by atoms with E-state index in [4.69, 9.17) is 14.2 Å². The predicted octanol–water partition coefficient (Wildman–Crippen LogP) is 1.74. The topological polar surface area (TPSA) is 39.7 Å². The van der Waals surface area contributed by atoms with E-state index in [9.17, 15) is 8.78 Å². The van der Waals surface area contributed by atoms with Crippen molar-refractivity contribution in [1.82, 2.24) is 5.32 Å². The summed E-state index contributed by atoms with van der Waals surface area (Å²) in [5.74, 6) is -1.95. The first kappa shape index (κ1) is 15.2. The molecule has 2 rings (SSSR count). The summed E-state index contributed by atoms with van der Waals surface area (Å²) < 4.78 is 42.8. The summed E-state index contributed by atoms with van der Waals surface area (Å²) in [7, 11) is 3.42. The van der Waals surface area contributed by atoms with Crippen LogP contribution in [0.15, 0.2) is 18.2 Å². The molecule has 1 aliphatic carbocycles. The predicted molar refractivity (Wildman–Crippen MR) is 69.9 cm³/mol. The van der Waals surface area contributed by atoms with E-state index < -0.39 is 11.6 Å². The molecule has 1 fully saturated rings. The van der Waals surface area contributed by atoms with Crippen LogP contribution in [0.3, 0.4) is 0 Å². The molecule has 3 atom stereocenters. The van der Waals surface area contributed by atoms with Crippen LogP contribution in [0, 0.1) is 11.6 Å². The molecule has 0 amide bonds. The second kappa shape index (κ2) is 6.97. The molecule has 1 aromatic carbocycles. The average molecular weight is 287 g/mol. The fourth-order valence-corrected chi connectivity index (χ4v) is 2.21. The number of benzene rings is 1. The molecule has 1 saturated carbocycles. The number of nitrogens with one attached hydrogen (secondary N) is 1. The van der Waals surface area contributed by atoms with Gasteiger partial charge in [0.15, 0.2) is 11.6 Å².